The van der Waals surface area contributed by atoms with Gasteiger partial charge in [-0.3, -0.25) is 4.79 Å². The van der Waals surface area contributed by atoms with E-state index >= 15 is 0 Å². The van der Waals surface area contributed by atoms with Crippen LogP contribution in [0.15, 0.2) is 48.5 Å². The van der Waals surface area contributed by atoms with Gasteiger partial charge in [0.1, 0.15) is 0 Å². The lowest BCUT2D eigenvalue weighted by Crippen LogP contribution is -2.45. The largest absolute Gasteiger partial charge is 0.342 e. The zero-order valence-corrected chi connectivity index (χ0v) is 13.0. The maximum absolute atomic E-state index is 13.7. The van der Waals surface area contributed by atoms with Gasteiger partial charge < -0.3 is 5.32 Å². The second-order valence-electron chi connectivity index (χ2n) is 4.89. The molecule has 0 aliphatic heterocycles. The van der Waals surface area contributed by atoms with Gasteiger partial charge in [-0.1, -0.05) is 52.3 Å². The Morgan fingerprint density at radius 3 is 2.43 bits per heavy atom. The Labute approximate surface area is 130 Å². The van der Waals surface area contributed by atoms with Gasteiger partial charge in [-0.25, -0.2) is 8.78 Å². The van der Waals surface area contributed by atoms with E-state index in [1.807, 2.05) is 37.3 Å². The van der Waals surface area contributed by atoms with Crippen molar-refractivity contribution >= 4 is 21.8 Å². The molecule has 1 N–H and O–H groups in total. The van der Waals surface area contributed by atoms with E-state index in [1.54, 1.807) is 0 Å². The predicted octanol–water partition coefficient (Wildman–Crippen LogP) is 4.00. The van der Waals surface area contributed by atoms with Gasteiger partial charge in [0.05, 0.1) is 11.1 Å². The van der Waals surface area contributed by atoms with E-state index in [9.17, 15) is 13.6 Å². The van der Waals surface area contributed by atoms with Crippen molar-refractivity contribution in [2.24, 2.45) is 0 Å². The van der Waals surface area contributed by atoms with Crippen molar-refractivity contribution in [3.8, 4) is 0 Å². The summed E-state index contributed by atoms with van der Waals surface area (Å²) in [6, 6.07) is 12.8. The maximum Gasteiger partial charge on any atom is 0.255 e. The minimum absolute atomic E-state index is 0.307. The van der Waals surface area contributed by atoms with E-state index in [0.717, 1.165) is 11.6 Å². The van der Waals surface area contributed by atoms with E-state index in [4.69, 9.17) is 0 Å². The summed E-state index contributed by atoms with van der Waals surface area (Å²) in [6.07, 6.45) is 0. The standard InChI is InChI=1S/C16H14BrF2NO/c1-16(10-17,11-6-3-2-4-7-11)20-15(21)12-8-5-9-13(18)14(12)19/h2-9H,10H2,1H3,(H,20,21). The number of benzene rings is 2. The summed E-state index contributed by atoms with van der Waals surface area (Å²) in [4.78, 5) is 12.2. The van der Waals surface area contributed by atoms with Crippen molar-refractivity contribution in [1.82, 2.24) is 5.32 Å². The first kappa shape index (κ1) is 15.6. The Morgan fingerprint density at radius 1 is 1.14 bits per heavy atom. The Hall–Kier alpha value is -1.75. The van der Waals surface area contributed by atoms with Gasteiger partial charge in [-0.05, 0) is 24.6 Å². The van der Waals surface area contributed by atoms with Crippen LogP contribution in [0, 0.1) is 11.6 Å². The Balaban J connectivity index is 2.30. The van der Waals surface area contributed by atoms with Crippen LogP contribution in [0.2, 0.25) is 0 Å². The number of alkyl halides is 1. The molecule has 21 heavy (non-hydrogen) atoms. The fraction of sp³-hybridized carbons (Fsp3) is 0.188. The molecule has 1 amide bonds. The fourth-order valence-corrected chi connectivity index (χ4v) is 2.45. The van der Waals surface area contributed by atoms with Gasteiger partial charge in [0.15, 0.2) is 11.6 Å². The summed E-state index contributed by atoms with van der Waals surface area (Å²) in [6.45, 7) is 1.81. The number of rotatable bonds is 4. The lowest BCUT2D eigenvalue weighted by Gasteiger charge is -2.29. The monoisotopic (exact) mass is 353 g/mol. The van der Waals surface area contributed by atoms with Crippen LogP contribution in [0.4, 0.5) is 8.78 Å². The van der Waals surface area contributed by atoms with Crippen LogP contribution < -0.4 is 5.32 Å². The van der Waals surface area contributed by atoms with Crippen LogP contribution in [-0.2, 0) is 5.54 Å². The quantitative estimate of drug-likeness (QED) is 0.826. The molecule has 0 bridgehead atoms. The number of carbonyl (C=O) groups excluding carboxylic acids is 1. The number of hydrogen-bond acceptors (Lipinski definition) is 1. The maximum atomic E-state index is 13.7. The zero-order valence-electron chi connectivity index (χ0n) is 11.4. The molecule has 2 nitrogen and oxygen atoms in total. The second kappa shape index (κ2) is 6.35. The van der Waals surface area contributed by atoms with E-state index < -0.39 is 23.1 Å². The molecular formula is C16H14BrF2NO. The SMILES string of the molecule is CC(CBr)(NC(=O)c1cccc(F)c1F)c1ccccc1. The number of amides is 1. The van der Waals surface area contributed by atoms with Crippen LogP contribution in [0.1, 0.15) is 22.8 Å². The minimum atomic E-state index is -1.14. The molecule has 2 aromatic carbocycles. The summed E-state index contributed by atoms with van der Waals surface area (Å²) < 4.78 is 26.9. The Kier molecular flexibility index (Phi) is 4.73. The van der Waals surface area contributed by atoms with E-state index in [-0.39, 0.29) is 5.56 Å². The number of carbonyl (C=O) groups is 1. The Morgan fingerprint density at radius 2 is 1.81 bits per heavy atom. The first-order valence-electron chi connectivity index (χ1n) is 6.36. The first-order valence-corrected chi connectivity index (χ1v) is 7.48. The Bertz CT molecular complexity index is 648. The van der Waals surface area contributed by atoms with Crippen LogP contribution in [0.5, 0.6) is 0 Å². The molecule has 1 unspecified atom stereocenters. The van der Waals surface area contributed by atoms with Gasteiger partial charge in [0.2, 0.25) is 0 Å². The smallest absolute Gasteiger partial charge is 0.255 e. The van der Waals surface area contributed by atoms with Crippen LogP contribution in [-0.4, -0.2) is 11.2 Å². The summed E-state index contributed by atoms with van der Waals surface area (Å²) in [5, 5.41) is 3.19. The average molecular weight is 354 g/mol. The van der Waals surface area contributed by atoms with Gasteiger partial charge >= 0.3 is 0 Å². The third-order valence-corrected chi connectivity index (χ3v) is 4.39. The fourth-order valence-electron chi connectivity index (χ4n) is 1.99. The number of halogens is 3. The highest BCUT2D eigenvalue weighted by Crippen LogP contribution is 2.24. The third kappa shape index (κ3) is 3.29. The highest BCUT2D eigenvalue weighted by Gasteiger charge is 2.29. The van der Waals surface area contributed by atoms with E-state index in [1.165, 1.54) is 12.1 Å². The second-order valence-corrected chi connectivity index (χ2v) is 5.45. The van der Waals surface area contributed by atoms with Gasteiger partial charge in [-0.15, -0.1) is 0 Å². The topological polar surface area (TPSA) is 29.1 Å². The first-order chi connectivity index (χ1) is 9.98. The summed E-state index contributed by atoms with van der Waals surface area (Å²) in [5.41, 5.74) is -0.165. The summed E-state index contributed by atoms with van der Waals surface area (Å²) >= 11 is 3.36. The number of hydrogen-bond donors (Lipinski definition) is 1. The lowest BCUT2D eigenvalue weighted by molar-refractivity contribution is 0.0909. The molecule has 0 aliphatic carbocycles. The van der Waals surface area contributed by atoms with Crippen LogP contribution in [0.3, 0.4) is 0 Å². The minimum Gasteiger partial charge on any atom is -0.342 e. The zero-order chi connectivity index (χ0) is 15.5. The lowest BCUT2D eigenvalue weighted by atomic mass is 9.94. The molecule has 0 fully saturated rings. The summed E-state index contributed by atoms with van der Waals surface area (Å²) in [5.74, 6) is -2.83. The normalized spacial score (nSPS) is 13.5. The van der Waals surface area contributed by atoms with Crippen molar-refractivity contribution in [3.05, 3.63) is 71.3 Å². The van der Waals surface area contributed by atoms with Crippen LogP contribution in [0.25, 0.3) is 0 Å². The molecule has 110 valence electrons. The van der Waals surface area contributed by atoms with Gasteiger partial charge in [0.25, 0.3) is 5.91 Å². The van der Waals surface area contributed by atoms with E-state index in [0.29, 0.717) is 5.33 Å². The molecule has 0 radical (unpaired) electrons. The van der Waals surface area contributed by atoms with E-state index in [2.05, 4.69) is 21.2 Å². The summed E-state index contributed by atoms with van der Waals surface area (Å²) in [7, 11) is 0. The van der Waals surface area contributed by atoms with Crippen molar-refractivity contribution in [1.29, 1.82) is 0 Å². The van der Waals surface area contributed by atoms with Gasteiger partial charge in [0, 0.05) is 5.33 Å². The molecule has 0 saturated carbocycles. The third-order valence-electron chi connectivity index (χ3n) is 3.26. The molecule has 0 saturated heterocycles. The molecule has 0 aliphatic rings. The average Bonchev–Trinajstić information content (AvgIpc) is 2.50. The van der Waals surface area contributed by atoms with Crippen molar-refractivity contribution in [2.45, 2.75) is 12.5 Å². The van der Waals surface area contributed by atoms with Crippen molar-refractivity contribution < 1.29 is 13.6 Å². The molecule has 2 aromatic rings. The molecule has 0 spiro atoms. The molecule has 0 heterocycles. The van der Waals surface area contributed by atoms with Gasteiger partial charge in [-0.2, -0.15) is 0 Å². The highest BCUT2D eigenvalue weighted by atomic mass is 79.9. The molecule has 1 atom stereocenters. The van der Waals surface area contributed by atoms with Crippen molar-refractivity contribution in [3.63, 3.8) is 0 Å². The highest BCUT2D eigenvalue weighted by molar-refractivity contribution is 9.09. The number of nitrogens with one attached hydrogen (secondary N) is 1. The molecular weight excluding hydrogens is 340 g/mol. The predicted molar refractivity (Wildman–Crippen MR) is 81.4 cm³/mol. The van der Waals surface area contributed by atoms with Crippen LogP contribution >= 0.6 is 15.9 Å². The molecule has 5 heteroatoms. The molecule has 0 aromatic heterocycles. The molecule has 2 rings (SSSR count). The van der Waals surface area contributed by atoms with Crippen molar-refractivity contribution in [2.75, 3.05) is 5.33 Å².